The van der Waals surface area contributed by atoms with Crippen LogP contribution in [0.4, 0.5) is 13.2 Å². The van der Waals surface area contributed by atoms with E-state index in [2.05, 4.69) is 9.88 Å². The number of carbonyl (C=O) groups excluding carboxylic acids is 1. The highest BCUT2D eigenvalue weighted by Gasteiger charge is 2.38. The molecule has 0 spiro atoms. The van der Waals surface area contributed by atoms with E-state index in [1.165, 1.54) is 25.8 Å². The van der Waals surface area contributed by atoms with Crippen LogP contribution in [0, 0.1) is 5.92 Å². The average Bonchev–Trinajstić information content (AvgIpc) is 2.70. The Morgan fingerprint density at radius 2 is 1.70 bits per heavy atom. The summed E-state index contributed by atoms with van der Waals surface area (Å²) in [6, 6.07) is 9.95. The van der Waals surface area contributed by atoms with E-state index in [0.717, 1.165) is 42.9 Å². The number of carbonyl (C=O) groups is 2. The molecule has 0 bridgehead atoms. The van der Waals surface area contributed by atoms with Gasteiger partial charge < -0.3 is 10.0 Å². The van der Waals surface area contributed by atoms with Crippen molar-refractivity contribution in [3.8, 4) is 0 Å². The minimum atomic E-state index is -5.08. The molecular weight excluding hydrogens is 399 g/mol. The van der Waals surface area contributed by atoms with Crippen molar-refractivity contribution in [2.75, 3.05) is 32.7 Å². The van der Waals surface area contributed by atoms with E-state index in [1.54, 1.807) is 6.20 Å². The standard InChI is InChI=1S/C19H23N3O.C2HF3O2/c23-19(18-17-7-2-1-6-16(17)8-9-20-18)22-12-10-21(11-13-22)14-15-4-3-5-15;3-2(4,5)1(6)7/h1-2,6-9,15H,3-5,10-14H2;(H,6,7). The van der Waals surface area contributed by atoms with Gasteiger partial charge in [-0.25, -0.2) is 4.79 Å². The zero-order chi connectivity index (χ0) is 21.7. The predicted octanol–water partition coefficient (Wildman–Crippen LogP) is 3.43. The van der Waals surface area contributed by atoms with Crippen molar-refractivity contribution in [1.82, 2.24) is 14.8 Å². The van der Waals surface area contributed by atoms with Gasteiger partial charge in [0.2, 0.25) is 0 Å². The van der Waals surface area contributed by atoms with Gasteiger partial charge in [-0.3, -0.25) is 14.7 Å². The number of amides is 1. The fourth-order valence-corrected chi connectivity index (χ4v) is 3.61. The minimum absolute atomic E-state index is 0.0742. The van der Waals surface area contributed by atoms with Crippen LogP contribution in [-0.2, 0) is 4.79 Å². The fraction of sp³-hybridized carbons (Fsp3) is 0.476. The molecule has 2 aliphatic rings. The Labute approximate surface area is 172 Å². The van der Waals surface area contributed by atoms with Crippen LogP contribution in [0.3, 0.4) is 0 Å². The van der Waals surface area contributed by atoms with Crippen LogP contribution in [0.1, 0.15) is 29.8 Å². The summed E-state index contributed by atoms with van der Waals surface area (Å²) in [5, 5.41) is 9.16. The topological polar surface area (TPSA) is 73.7 Å². The Kier molecular flexibility index (Phi) is 6.91. The molecule has 0 unspecified atom stereocenters. The normalized spacial score (nSPS) is 17.8. The summed E-state index contributed by atoms with van der Waals surface area (Å²) in [5.74, 6) is -1.78. The summed E-state index contributed by atoms with van der Waals surface area (Å²) in [6.07, 6.45) is 0.830. The minimum Gasteiger partial charge on any atom is -0.475 e. The number of nitrogens with zero attached hydrogens (tertiary/aromatic N) is 3. The number of fused-ring (bicyclic) bond motifs is 1. The van der Waals surface area contributed by atoms with Crippen molar-refractivity contribution >= 4 is 22.6 Å². The van der Waals surface area contributed by atoms with Crippen LogP contribution < -0.4 is 0 Å². The molecule has 2 fully saturated rings. The number of carboxylic acids is 1. The van der Waals surface area contributed by atoms with E-state index in [4.69, 9.17) is 9.90 Å². The zero-order valence-corrected chi connectivity index (χ0v) is 16.4. The molecule has 0 atom stereocenters. The highest BCUT2D eigenvalue weighted by atomic mass is 19.4. The maximum Gasteiger partial charge on any atom is 0.490 e. The number of aliphatic carboxylic acids is 1. The Balaban J connectivity index is 0.000000318. The van der Waals surface area contributed by atoms with Gasteiger partial charge in [0, 0.05) is 44.3 Å². The second kappa shape index (κ2) is 9.42. The molecule has 0 radical (unpaired) electrons. The number of alkyl halides is 3. The van der Waals surface area contributed by atoms with Crippen LogP contribution >= 0.6 is 0 Å². The number of aromatic nitrogens is 1. The Bertz CT molecular complexity index is 886. The maximum atomic E-state index is 12.9. The summed E-state index contributed by atoms with van der Waals surface area (Å²) in [4.78, 5) is 30.6. The van der Waals surface area contributed by atoms with Crippen molar-refractivity contribution in [2.45, 2.75) is 25.4 Å². The molecule has 1 aromatic carbocycles. The number of pyridine rings is 1. The molecule has 2 heterocycles. The van der Waals surface area contributed by atoms with Crippen LogP contribution in [0.15, 0.2) is 36.5 Å². The van der Waals surface area contributed by atoms with E-state index in [9.17, 15) is 18.0 Å². The van der Waals surface area contributed by atoms with Gasteiger partial charge in [0.05, 0.1) is 0 Å². The van der Waals surface area contributed by atoms with Crippen LogP contribution in [0.5, 0.6) is 0 Å². The number of rotatable bonds is 3. The van der Waals surface area contributed by atoms with E-state index in [1.807, 2.05) is 35.2 Å². The monoisotopic (exact) mass is 423 g/mol. The number of hydrogen-bond donors (Lipinski definition) is 1. The fourth-order valence-electron chi connectivity index (χ4n) is 3.61. The van der Waals surface area contributed by atoms with Gasteiger partial charge in [-0.2, -0.15) is 13.2 Å². The summed E-state index contributed by atoms with van der Waals surface area (Å²) in [6.45, 7) is 4.83. The van der Waals surface area contributed by atoms with E-state index >= 15 is 0 Å². The van der Waals surface area contributed by atoms with E-state index in [0.29, 0.717) is 5.69 Å². The molecule has 30 heavy (non-hydrogen) atoms. The molecule has 9 heteroatoms. The highest BCUT2D eigenvalue weighted by molar-refractivity contribution is 6.05. The number of hydrogen-bond acceptors (Lipinski definition) is 4. The lowest BCUT2D eigenvalue weighted by Crippen LogP contribution is -2.50. The smallest absolute Gasteiger partial charge is 0.475 e. The first-order valence-electron chi connectivity index (χ1n) is 9.91. The second-order valence-electron chi connectivity index (χ2n) is 7.57. The molecule has 1 amide bonds. The average molecular weight is 423 g/mol. The second-order valence-corrected chi connectivity index (χ2v) is 7.57. The van der Waals surface area contributed by atoms with Gasteiger partial charge in [-0.05, 0) is 30.2 Å². The van der Waals surface area contributed by atoms with Crippen molar-refractivity contribution in [2.24, 2.45) is 5.92 Å². The van der Waals surface area contributed by atoms with Gasteiger partial charge in [-0.15, -0.1) is 0 Å². The van der Waals surface area contributed by atoms with Crippen molar-refractivity contribution in [3.05, 3.63) is 42.2 Å². The van der Waals surface area contributed by atoms with Crippen molar-refractivity contribution in [1.29, 1.82) is 0 Å². The Hall–Kier alpha value is -2.68. The number of piperazine rings is 1. The SMILES string of the molecule is O=C(O)C(F)(F)F.O=C(c1nccc2ccccc12)N1CCN(CC2CCC2)CC1. The first-order chi connectivity index (χ1) is 14.3. The van der Waals surface area contributed by atoms with Gasteiger partial charge in [-0.1, -0.05) is 30.7 Å². The van der Waals surface area contributed by atoms with Crippen molar-refractivity contribution < 1.29 is 27.9 Å². The third-order valence-electron chi connectivity index (χ3n) is 5.52. The van der Waals surface area contributed by atoms with Gasteiger partial charge >= 0.3 is 12.1 Å². The largest absolute Gasteiger partial charge is 0.490 e. The summed E-state index contributed by atoms with van der Waals surface area (Å²) in [5.41, 5.74) is 0.593. The third-order valence-corrected chi connectivity index (χ3v) is 5.52. The molecule has 162 valence electrons. The van der Waals surface area contributed by atoms with E-state index < -0.39 is 12.1 Å². The predicted molar refractivity (Wildman–Crippen MR) is 105 cm³/mol. The molecule has 2 aromatic rings. The number of carboxylic acid groups (broad SMARTS) is 1. The molecule has 1 saturated heterocycles. The lowest BCUT2D eigenvalue weighted by molar-refractivity contribution is -0.192. The Morgan fingerprint density at radius 3 is 2.27 bits per heavy atom. The molecule has 1 aliphatic carbocycles. The number of halogens is 3. The van der Waals surface area contributed by atoms with Gasteiger partial charge in [0.25, 0.3) is 5.91 Å². The molecule has 6 nitrogen and oxygen atoms in total. The van der Waals surface area contributed by atoms with Crippen LogP contribution in [0.25, 0.3) is 10.8 Å². The van der Waals surface area contributed by atoms with Gasteiger partial charge in [0.15, 0.2) is 0 Å². The van der Waals surface area contributed by atoms with Crippen LogP contribution in [0.2, 0.25) is 0 Å². The zero-order valence-electron chi connectivity index (χ0n) is 16.4. The van der Waals surface area contributed by atoms with Gasteiger partial charge in [0.1, 0.15) is 5.69 Å². The van der Waals surface area contributed by atoms with Crippen molar-refractivity contribution in [3.63, 3.8) is 0 Å². The number of benzene rings is 1. The van der Waals surface area contributed by atoms with Crippen LogP contribution in [-0.4, -0.2) is 70.7 Å². The maximum absolute atomic E-state index is 12.9. The van der Waals surface area contributed by atoms with E-state index in [-0.39, 0.29) is 5.91 Å². The first-order valence-corrected chi connectivity index (χ1v) is 9.91. The first kappa shape index (κ1) is 22.0. The highest BCUT2D eigenvalue weighted by Crippen LogP contribution is 2.27. The third kappa shape index (κ3) is 5.47. The molecular formula is C21H24F3N3O3. The quantitative estimate of drug-likeness (QED) is 0.819. The lowest BCUT2D eigenvalue weighted by atomic mass is 9.85. The molecule has 1 saturated carbocycles. The summed E-state index contributed by atoms with van der Waals surface area (Å²) in [7, 11) is 0. The summed E-state index contributed by atoms with van der Waals surface area (Å²) < 4.78 is 31.7. The molecule has 1 aliphatic heterocycles. The Morgan fingerprint density at radius 1 is 1.07 bits per heavy atom. The molecule has 1 aromatic heterocycles. The molecule has 4 rings (SSSR count). The molecule has 1 N–H and O–H groups in total. The lowest BCUT2D eigenvalue weighted by Gasteiger charge is -2.38. The summed E-state index contributed by atoms with van der Waals surface area (Å²) >= 11 is 0.